The molecular formula is C11H16N3O12P3. The van der Waals surface area contributed by atoms with E-state index in [0.717, 1.165) is 0 Å². The Bertz CT molecular complexity index is 1020. The quantitative estimate of drug-likeness (QED) is 0.327. The monoisotopic (exact) mass is 475 g/mol. The van der Waals surface area contributed by atoms with Crippen molar-refractivity contribution in [2.45, 2.75) is 24.9 Å². The van der Waals surface area contributed by atoms with E-state index in [2.05, 4.69) is 23.1 Å². The van der Waals surface area contributed by atoms with E-state index >= 15 is 0 Å². The van der Waals surface area contributed by atoms with E-state index in [1.807, 2.05) is 0 Å². The fourth-order valence-electron chi connectivity index (χ4n) is 2.62. The molecule has 29 heavy (non-hydrogen) atoms. The number of hydrogen-bond donors (Lipinski definition) is 5. The molecule has 5 unspecified atom stereocenters. The van der Waals surface area contributed by atoms with E-state index in [1.165, 1.54) is 12.4 Å². The summed E-state index contributed by atoms with van der Waals surface area (Å²) in [6.45, 7) is -0.744. The normalized spacial score (nSPS) is 27.0. The second-order valence-corrected chi connectivity index (χ2v) is 10.2. The SMILES string of the molecule is O=P(O)(O)OP(=O)(O)OP(=O)(O)OCC1OC(n2ccc3nccnc32)CC1O. The van der Waals surface area contributed by atoms with Gasteiger partial charge >= 0.3 is 23.5 Å². The first-order chi connectivity index (χ1) is 13.4. The van der Waals surface area contributed by atoms with Crippen LogP contribution >= 0.6 is 23.5 Å². The van der Waals surface area contributed by atoms with Gasteiger partial charge < -0.3 is 34.0 Å². The number of nitrogens with zero attached hydrogens (tertiary/aromatic N) is 3. The van der Waals surface area contributed by atoms with Crippen LogP contribution in [0.3, 0.4) is 0 Å². The number of ether oxygens (including phenoxy) is 1. The molecule has 5 N–H and O–H groups in total. The molecule has 0 aromatic carbocycles. The van der Waals surface area contributed by atoms with Crippen molar-refractivity contribution >= 4 is 34.6 Å². The standard InChI is InChI=1S/C11H16N3O12P3/c15-8-5-10(14-4-1-7-11(14)13-3-2-12-7)24-9(8)6-23-28(19,20)26-29(21,22)25-27(16,17)18/h1-4,8-10,15H,5-6H2,(H,19,20)(H,21,22)(H2,16,17,18). The van der Waals surface area contributed by atoms with E-state index < -0.39 is 48.5 Å². The van der Waals surface area contributed by atoms with Crippen LogP contribution in [-0.2, 0) is 31.6 Å². The molecule has 1 fully saturated rings. The molecule has 5 atom stereocenters. The van der Waals surface area contributed by atoms with Crippen LogP contribution in [0.25, 0.3) is 11.2 Å². The fraction of sp³-hybridized carbons (Fsp3) is 0.455. The van der Waals surface area contributed by atoms with Gasteiger partial charge in [0, 0.05) is 25.0 Å². The molecule has 1 aliphatic heterocycles. The van der Waals surface area contributed by atoms with Gasteiger partial charge in [0.25, 0.3) is 0 Å². The Balaban J connectivity index is 1.61. The molecule has 0 saturated carbocycles. The van der Waals surface area contributed by atoms with E-state index in [1.54, 1.807) is 16.8 Å². The van der Waals surface area contributed by atoms with Crippen LogP contribution in [-0.4, -0.2) is 58.0 Å². The van der Waals surface area contributed by atoms with Crippen LogP contribution < -0.4 is 0 Å². The average molecular weight is 475 g/mol. The lowest BCUT2D eigenvalue weighted by molar-refractivity contribution is -0.0421. The Morgan fingerprint density at radius 3 is 2.48 bits per heavy atom. The molecule has 15 nitrogen and oxygen atoms in total. The Hall–Kier alpha value is -1.05. The maximum absolute atomic E-state index is 11.7. The van der Waals surface area contributed by atoms with Crippen LogP contribution in [0.15, 0.2) is 24.7 Å². The summed E-state index contributed by atoms with van der Waals surface area (Å²) in [6.07, 6.45) is 1.71. The number of aromatic nitrogens is 3. The Kier molecular flexibility index (Phi) is 6.42. The molecular weight excluding hydrogens is 459 g/mol. The number of fused-ring (bicyclic) bond motifs is 1. The third-order valence-electron chi connectivity index (χ3n) is 3.68. The lowest BCUT2D eigenvalue weighted by Crippen LogP contribution is -2.26. The predicted molar refractivity (Wildman–Crippen MR) is 91.9 cm³/mol. The lowest BCUT2D eigenvalue weighted by Gasteiger charge is -2.19. The third kappa shape index (κ3) is 5.98. The summed E-state index contributed by atoms with van der Waals surface area (Å²) < 4.78 is 52.5. The molecule has 0 spiro atoms. The Morgan fingerprint density at radius 1 is 1.10 bits per heavy atom. The molecule has 1 saturated heterocycles. The van der Waals surface area contributed by atoms with Crippen LogP contribution in [0.5, 0.6) is 0 Å². The molecule has 0 amide bonds. The smallest absolute Gasteiger partial charge is 0.390 e. The molecule has 0 radical (unpaired) electrons. The molecule has 0 bridgehead atoms. The summed E-state index contributed by atoms with van der Waals surface area (Å²) in [5, 5.41) is 10.1. The van der Waals surface area contributed by atoms with Crippen molar-refractivity contribution in [3.63, 3.8) is 0 Å². The number of aliphatic hydroxyl groups excluding tert-OH is 1. The third-order valence-corrected chi connectivity index (χ3v) is 7.48. The van der Waals surface area contributed by atoms with E-state index in [-0.39, 0.29) is 6.42 Å². The zero-order valence-electron chi connectivity index (χ0n) is 14.2. The van der Waals surface area contributed by atoms with Gasteiger partial charge in [0.2, 0.25) is 0 Å². The van der Waals surface area contributed by atoms with E-state index in [4.69, 9.17) is 19.4 Å². The van der Waals surface area contributed by atoms with Gasteiger partial charge in [-0.25, -0.2) is 18.7 Å². The minimum Gasteiger partial charge on any atom is -0.390 e. The zero-order valence-corrected chi connectivity index (χ0v) is 16.9. The highest BCUT2D eigenvalue weighted by Crippen LogP contribution is 2.66. The predicted octanol–water partition coefficient (Wildman–Crippen LogP) is 0.423. The van der Waals surface area contributed by atoms with Crippen LogP contribution in [0.1, 0.15) is 12.6 Å². The van der Waals surface area contributed by atoms with Gasteiger partial charge in [-0.3, -0.25) is 9.51 Å². The first kappa shape index (κ1) is 22.6. The van der Waals surface area contributed by atoms with Crippen molar-refractivity contribution in [1.82, 2.24) is 14.5 Å². The van der Waals surface area contributed by atoms with E-state index in [9.17, 15) is 23.7 Å². The highest BCUT2D eigenvalue weighted by molar-refractivity contribution is 7.66. The lowest BCUT2D eigenvalue weighted by atomic mass is 10.2. The summed E-state index contributed by atoms with van der Waals surface area (Å²) in [5.74, 6) is 0. The summed E-state index contributed by atoms with van der Waals surface area (Å²) in [6, 6.07) is 1.68. The second kappa shape index (κ2) is 8.23. The number of phosphoric ester groups is 1. The fourth-order valence-corrected chi connectivity index (χ4v) is 5.65. The topological polar surface area (TPSA) is 220 Å². The molecule has 2 aromatic rings. The van der Waals surface area contributed by atoms with Crippen molar-refractivity contribution in [3.8, 4) is 0 Å². The highest BCUT2D eigenvalue weighted by atomic mass is 31.3. The summed E-state index contributed by atoms with van der Waals surface area (Å²) in [7, 11) is -16.4. The minimum absolute atomic E-state index is 0.0742. The number of hydrogen-bond acceptors (Lipinski definition) is 10. The number of rotatable bonds is 8. The van der Waals surface area contributed by atoms with Crippen LogP contribution in [0.2, 0.25) is 0 Å². The minimum atomic E-state index is -5.62. The van der Waals surface area contributed by atoms with Gasteiger partial charge in [0.1, 0.15) is 17.8 Å². The van der Waals surface area contributed by atoms with Gasteiger partial charge in [0.15, 0.2) is 5.65 Å². The van der Waals surface area contributed by atoms with Gasteiger partial charge in [-0.05, 0) is 6.07 Å². The first-order valence-corrected chi connectivity index (χ1v) is 12.3. The molecule has 1 aliphatic rings. The second-order valence-electron chi connectivity index (χ2n) is 5.81. The maximum Gasteiger partial charge on any atom is 0.490 e. The molecule has 3 heterocycles. The first-order valence-electron chi connectivity index (χ1n) is 7.75. The van der Waals surface area contributed by atoms with Crippen molar-refractivity contribution in [2.24, 2.45) is 0 Å². The van der Waals surface area contributed by atoms with Crippen molar-refractivity contribution < 1.29 is 56.3 Å². The summed E-state index contributed by atoms with van der Waals surface area (Å²) >= 11 is 0. The molecule has 0 aliphatic carbocycles. The van der Waals surface area contributed by atoms with Gasteiger partial charge in [0.05, 0.1) is 12.7 Å². The number of phosphoric acid groups is 3. The molecule has 3 rings (SSSR count). The van der Waals surface area contributed by atoms with Crippen LogP contribution in [0.4, 0.5) is 0 Å². The summed E-state index contributed by atoms with van der Waals surface area (Å²) in [4.78, 5) is 43.8. The summed E-state index contributed by atoms with van der Waals surface area (Å²) in [5.41, 5.74) is 1.07. The van der Waals surface area contributed by atoms with Crippen molar-refractivity contribution in [3.05, 3.63) is 24.7 Å². The Labute approximate surface area is 162 Å². The van der Waals surface area contributed by atoms with E-state index in [0.29, 0.717) is 11.2 Å². The zero-order chi connectivity index (χ0) is 21.4. The average Bonchev–Trinajstić information content (AvgIpc) is 3.13. The maximum atomic E-state index is 11.7. The van der Waals surface area contributed by atoms with Gasteiger partial charge in [-0.2, -0.15) is 8.62 Å². The van der Waals surface area contributed by atoms with Crippen molar-refractivity contribution in [2.75, 3.05) is 6.61 Å². The van der Waals surface area contributed by atoms with Crippen LogP contribution in [0, 0.1) is 0 Å². The largest absolute Gasteiger partial charge is 0.490 e. The van der Waals surface area contributed by atoms with Gasteiger partial charge in [-0.15, -0.1) is 0 Å². The molecule has 18 heteroatoms. The van der Waals surface area contributed by atoms with Crippen molar-refractivity contribution in [1.29, 1.82) is 0 Å². The van der Waals surface area contributed by atoms with Gasteiger partial charge in [-0.1, -0.05) is 0 Å². The molecule has 2 aromatic heterocycles. The Morgan fingerprint density at radius 2 is 1.79 bits per heavy atom. The molecule has 162 valence electrons. The number of aliphatic hydroxyl groups is 1. The highest BCUT2D eigenvalue weighted by Gasteiger charge is 2.42.